The van der Waals surface area contributed by atoms with Crippen LogP contribution in [-0.4, -0.2) is 103 Å². The number of carbonyl (C=O) groups is 4. The van der Waals surface area contributed by atoms with Crippen LogP contribution in [0.25, 0.3) is 0 Å². The molecule has 2 fully saturated rings. The number of amides is 1. The van der Waals surface area contributed by atoms with Gasteiger partial charge in [0.1, 0.15) is 24.4 Å². The number of fused-ring (bicyclic) bond motifs is 10. The second-order valence-electron chi connectivity index (χ2n) is 14.4. The number of nitrogens with zero attached hydrogens (tertiary/aromatic N) is 3. The number of nitriles is 1. The smallest absolute Gasteiger partial charge is 0.338 e. The van der Waals surface area contributed by atoms with Crippen LogP contribution in [0.5, 0.6) is 28.7 Å². The molecule has 15 nitrogen and oxygen atoms in total. The zero-order valence-electron chi connectivity index (χ0n) is 31.5. The molecule has 1 amide bonds. The minimum absolute atomic E-state index is 0.00531. The van der Waals surface area contributed by atoms with E-state index >= 15 is 0 Å². The molecule has 7 atom stereocenters. The van der Waals surface area contributed by atoms with Crippen LogP contribution in [0.4, 0.5) is 0 Å². The van der Waals surface area contributed by atoms with Gasteiger partial charge in [0, 0.05) is 47.0 Å². The summed E-state index contributed by atoms with van der Waals surface area (Å²) in [6, 6.07) is 6.46. The van der Waals surface area contributed by atoms with Gasteiger partial charge in [0.2, 0.25) is 6.79 Å². The third-order valence-corrected chi connectivity index (χ3v) is 12.9. The van der Waals surface area contributed by atoms with E-state index in [9.17, 15) is 29.5 Å². The monoisotopic (exact) mass is 784 g/mol. The number of aryl methyl sites for hydroxylation is 1. The first kappa shape index (κ1) is 37.4. The van der Waals surface area contributed by atoms with Gasteiger partial charge in [-0.3, -0.25) is 19.4 Å². The molecule has 3 aromatic rings. The van der Waals surface area contributed by atoms with Crippen molar-refractivity contribution in [1.82, 2.24) is 15.1 Å². The number of esters is 3. The molecule has 1 unspecified atom stereocenters. The van der Waals surface area contributed by atoms with Crippen LogP contribution in [0.15, 0.2) is 30.3 Å². The fourth-order valence-electron chi connectivity index (χ4n) is 9.27. The molecular weight excluding hydrogens is 745 g/mol. The highest BCUT2D eigenvalue weighted by Crippen LogP contribution is 2.64. The lowest BCUT2D eigenvalue weighted by atomic mass is 9.71. The number of rotatable bonds is 5. The number of aromatic hydroxyl groups is 1. The number of nitrogens with one attached hydrogen (secondary N) is 1. The molecule has 56 heavy (non-hydrogen) atoms. The maximum absolute atomic E-state index is 14.0. The van der Waals surface area contributed by atoms with Crippen molar-refractivity contribution in [3.8, 4) is 34.8 Å². The SMILES string of the molecule is COC(=O)c1ccccc1C(=O)N[C@H]1CS[C@@H]2c3c(OC(C)=O)c(C)c4c(c3[C@H](COC1=O)N1C2[C@H]2c3c(cc(C)c(OC)c3O)C[C@@H]([C@@H]1C#N)N2C)OCO4. The minimum atomic E-state index is -1.20. The molecule has 0 saturated carbocycles. The number of phenols is 1. The van der Waals surface area contributed by atoms with Crippen LogP contribution >= 0.6 is 11.8 Å². The summed E-state index contributed by atoms with van der Waals surface area (Å²) in [6.45, 7) is 4.57. The lowest BCUT2D eigenvalue weighted by Crippen LogP contribution is -2.69. The second kappa shape index (κ2) is 14.2. The molecule has 6 aliphatic rings. The third-order valence-electron chi connectivity index (χ3n) is 11.5. The average Bonchev–Trinajstić information content (AvgIpc) is 3.67. The number of hydrogen-bond acceptors (Lipinski definition) is 15. The van der Waals surface area contributed by atoms with Gasteiger partial charge in [-0.25, -0.2) is 9.59 Å². The number of thioether (sulfide) groups is 1. The Balaban J connectivity index is 1.33. The van der Waals surface area contributed by atoms with Crippen molar-refractivity contribution in [1.29, 1.82) is 5.26 Å². The first-order valence-corrected chi connectivity index (χ1v) is 19.2. The normalized spacial score (nSPS) is 26.1. The number of piperazine rings is 1. The van der Waals surface area contributed by atoms with Crippen molar-refractivity contribution in [2.24, 2.45) is 0 Å². The molecule has 3 aromatic carbocycles. The molecule has 0 aromatic heterocycles. The maximum Gasteiger partial charge on any atom is 0.338 e. The van der Waals surface area contributed by atoms with Crippen molar-refractivity contribution in [3.63, 3.8) is 0 Å². The highest BCUT2D eigenvalue weighted by atomic mass is 32.2. The van der Waals surface area contributed by atoms with Crippen molar-refractivity contribution in [2.75, 3.05) is 40.4 Å². The number of carbonyl (C=O) groups excluding carboxylic acids is 4. The van der Waals surface area contributed by atoms with Crippen molar-refractivity contribution in [3.05, 3.63) is 74.8 Å². The van der Waals surface area contributed by atoms with E-state index in [1.807, 2.05) is 20.0 Å². The lowest BCUT2D eigenvalue weighted by Gasteiger charge is -2.61. The molecule has 0 aliphatic carbocycles. The zero-order chi connectivity index (χ0) is 39.7. The summed E-state index contributed by atoms with van der Waals surface area (Å²) >= 11 is 1.31. The van der Waals surface area contributed by atoms with Gasteiger partial charge in [0.05, 0.1) is 48.7 Å². The van der Waals surface area contributed by atoms with Crippen molar-refractivity contribution < 1.29 is 52.7 Å². The van der Waals surface area contributed by atoms with Gasteiger partial charge in [-0.05, 0) is 50.6 Å². The van der Waals surface area contributed by atoms with Gasteiger partial charge in [0.15, 0.2) is 23.0 Å². The van der Waals surface area contributed by atoms with Crippen LogP contribution in [0.2, 0.25) is 0 Å². The van der Waals surface area contributed by atoms with E-state index in [1.165, 1.54) is 45.0 Å². The Hall–Kier alpha value is -5.50. The molecule has 9 rings (SSSR count). The Kier molecular flexibility index (Phi) is 9.50. The highest BCUT2D eigenvalue weighted by Gasteiger charge is 2.60. The maximum atomic E-state index is 14.0. The number of methoxy groups -OCH3 is 2. The van der Waals surface area contributed by atoms with Gasteiger partial charge in [-0.1, -0.05) is 18.2 Å². The zero-order valence-corrected chi connectivity index (χ0v) is 32.4. The Morgan fingerprint density at radius 2 is 1.77 bits per heavy atom. The second-order valence-corrected chi connectivity index (χ2v) is 15.6. The summed E-state index contributed by atoms with van der Waals surface area (Å²) in [6.07, 6.45) is 0.449. The Bertz CT molecular complexity index is 2240. The van der Waals surface area contributed by atoms with Gasteiger partial charge >= 0.3 is 17.9 Å². The van der Waals surface area contributed by atoms with Crippen LogP contribution in [0.1, 0.15) is 78.4 Å². The number of benzene rings is 3. The number of ether oxygens (including phenoxy) is 6. The largest absolute Gasteiger partial charge is 0.504 e. The lowest BCUT2D eigenvalue weighted by molar-refractivity contribution is -0.151. The molecule has 2 saturated heterocycles. The quantitative estimate of drug-likeness (QED) is 0.281. The predicted molar refractivity (Wildman–Crippen MR) is 199 cm³/mol. The molecule has 0 spiro atoms. The van der Waals surface area contributed by atoms with E-state index in [1.54, 1.807) is 19.1 Å². The Morgan fingerprint density at radius 1 is 1.04 bits per heavy atom. The average molecular weight is 785 g/mol. The van der Waals surface area contributed by atoms with Gasteiger partial charge < -0.3 is 38.8 Å². The molecule has 6 heterocycles. The number of hydrogen-bond donors (Lipinski definition) is 2. The number of likely N-dealkylation sites (N-methyl/N-ethyl adjacent to an activating group) is 1. The van der Waals surface area contributed by atoms with E-state index in [-0.39, 0.29) is 47.8 Å². The first-order chi connectivity index (χ1) is 26.9. The molecule has 2 N–H and O–H groups in total. The summed E-state index contributed by atoms with van der Waals surface area (Å²) in [4.78, 5) is 57.4. The van der Waals surface area contributed by atoms with Crippen molar-refractivity contribution >= 4 is 35.6 Å². The summed E-state index contributed by atoms with van der Waals surface area (Å²) in [5.41, 5.74) is 4.04. The van der Waals surface area contributed by atoms with Crippen LogP contribution < -0.4 is 24.3 Å². The van der Waals surface area contributed by atoms with E-state index in [0.29, 0.717) is 45.9 Å². The van der Waals surface area contributed by atoms with Crippen LogP contribution in [-0.2, 0) is 25.5 Å². The third kappa shape index (κ3) is 5.62. The van der Waals surface area contributed by atoms with Crippen LogP contribution in [0, 0.1) is 25.2 Å². The number of phenolic OH excluding ortho intramolecular Hbond substituents is 1. The molecule has 4 bridgehead atoms. The van der Waals surface area contributed by atoms with Crippen molar-refractivity contribution in [2.45, 2.75) is 68.7 Å². The van der Waals surface area contributed by atoms with E-state index in [0.717, 1.165) is 11.1 Å². The summed E-state index contributed by atoms with van der Waals surface area (Å²) in [5, 5.41) is 25.1. The van der Waals surface area contributed by atoms with Gasteiger partial charge in [-0.2, -0.15) is 5.26 Å². The van der Waals surface area contributed by atoms with Gasteiger partial charge in [-0.15, -0.1) is 11.8 Å². The molecular formula is C40H40N4O11S. The highest BCUT2D eigenvalue weighted by molar-refractivity contribution is 7.99. The fourth-order valence-corrected chi connectivity index (χ4v) is 10.8. The molecule has 16 heteroatoms. The van der Waals surface area contributed by atoms with E-state index in [2.05, 4.69) is 21.2 Å². The summed E-state index contributed by atoms with van der Waals surface area (Å²) in [5.74, 6) is -1.34. The summed E-state index contributed by atoms with van der Waals surface area (Å²) < 4.78 is 34.8. The molecule has 0 radical (unpaired) electrons. The Labute approximate surface area is 326 Å². The fraction of sp³-hybridized carbons (Fsp3) is 0.425. The molecule has 292 valence electrons. The van der Waals surface area contributed by atoms with Gasteiger partial charge in [0.25, 0.3) is 5.91 Å². The summed E-state index contributed by atoms with van der Waals surface area (Å²) in [7, 11) is 4.65. The predicted octanol–water partition coefficient (Wildman–Crippen LogP) is 3.82. The first-order valence-electron chi connectivity index (χ1n) is 18.1. The topological polar surface area (TPSA) is 186 Å². The van der Waals surface area contributed by atoms with E-state index in [4.69, 9.17) is 28.4 Å². The standard InChI is InChI=1S/C40H40N4O11S/c1-17-11-20-12-24-25(13-41)44-26-14-52-40(49)23(42-38(47)21-9-7-8-10-22(21)39(48)51-6)15-56-37(31(44)30(43(24)4)27(20)32(46)33(17)50-5)29-28(26)36-35(53-16-54-36)18(2)34(29)55-19(3)45/h7-11,23-26,30-31,37,46H,12,14-16H2,1-6H3,(H,42,47)/t23-,24-,25-,26-,30+,31?,37+/m0/s1. The van der Waals surface area contributed by atoms with Crippen LogP contribution in [0.3, 0.4) is 0 Å². The van der Waals surface area contributed by atoms with E-state index < -0.39 is 59.3 Å². The Morgan fingerprint density at radius 3 is 2.46 bits per heavy atom. The minimum Gasteiger partial charge on any atom is -0.504 e. The molecule has 6 aliphatic heterocycles.